The van der Waals surface area contributed by atoms with Crippen molar-refractivity contribution < 1.29 is 17.1 Å². The van der Waals surface area contributed by atoms with E-state index in [0.717, 1.165) is 6.54 Å². The molecule has 3 rings (SSSR count). The standard InChI is InChI=1S/C9H9N2.C5H5.Fe/c1-2-5-9(4-1)8-11-7-3-6-10-11;1-2-4-5-3-1;/h1-7H,8H2;1-5H;/q2*-1;+2. The van der Waals surface area contributed by atoms with Crippen molar-refractivity contribution in [3.8, 4) is 0 Å². The van der Waals surface area contributed by atoms with Crippen LogP contribution >= 0.6 is 0 Å². The summed E-state index contributed by atoms with van der Waals surface area (Å²) in [5, 5.41) is 4.11. The average Bonchev–Trinajstić information content (AvgIpc) is 3.05. The van der Waals surface area contributed by atoms with Crippen molar-refractivity contribution in [3.63, 3.8) is 0 Å². The molecule has 17 heavy (non-hydrogen) atoms. The summed E-state index contributed by atoms with van der Waals surface area (Å²) in [6.07, 6.45) is 3.76. The summed E-state index contributed by atoms with van der Waals surface area (Å²) in [7, 11) is 0. The molecule has 0 N–H and O–H groups in total. The van der Waals surface area contributed by atoms with Crippen LogP contribution in [0.25, 0.3) is 0 Å². The van der Waals surface area contributed by atoms with Gasteiger partial charge in [0.05, 0.1) is 0 Å². The summed E-state index contributed by atoms with van der Waals surface area (Å²) >= 11 is 0. The Bertz CT molecular complexity index is 403. The van der Waals surface area contributed by atoms with Gasteiger partial charge in [0, 0.05) is 18.9 Å². The molecular weight excluding hydrogens is 252 g/mol. The van der Waals surface area contributed by atoms with Gasteiger partial charge in [-0.3, -0.25) is 4.68 Å². The van der Waals surface area contributed by atoms with Gasteiger partial charge in [0.15, 0.2) is 0 Å². The number of rotatable bonds is 2. The Balaban J connectivity index is 0.000000205. The van der Waals surface area contributed by atoms with Gasteiger partial charge in [-0.05, 0) is 6.07 Å². The Morgan fingerprint density at radius 2 is 1.71 bits per heavy atom. The van der Waals surface area contributed by atoms with Gasteiger partial charge < -0.3 is 0 Å². The molecule has 2 aromatic carbocycles. The summed E-state index contributed by atoms with van der Waals surface area (Å²) in [4.78, 5) is 0. The van der Waals surface area contributed by atoms with E-state index in [9.17, 15) is 0 Å². The summed E-state index contributed by atoms with van der Waals surface area (Å²) in [6.45, 7) is 0.875. The van der Waals surface area contributed by atoms with E-state index in [1.807, 2.05) is 59.4 Å². The van der Waals surface area contributed by atoms with Crippen LogP contribution in [-0.2, 0) is 23.6 Å². The summed E-state index contributed by atoms with van der Waals surface area (Å²) < 4.78 is 1.91. The Hall–Kier alpha value is -1.57. The molecular formula is C14H14FeN2. The van der Waals surface area contributed by atoms with E-state index < -0.39 is 0 Å². The van der Waals surface area contributed by atoms with Gasteiger partial charge in [0.2, 0.25) is 0 Å². The molecule has 0 atom stereocenters. The van der Waals surface area contributed by atoms with Crippen LogP contribution < -0.4 is 0 Å². The van der Waals surface area contributed by atoms with Crippen LogP contribution in [0.4, 0.5) is 0 Å². The second-order valence-corrected chi connectivity index (χ2v) is 3.46. The predicted molar refractivity (Wildman–Crippen MR) is 65.4 cm³/mol. The van der Waals surface area contributed by atoms with Crippen LogP contribution in [0, 0.1) is 0 Å². The molecule has 0 unspecified atom stereocenters. The first-order valence-corrected chi connectivity index (χ1v) is 5.30. The maximum atomic E-state index is 4.11. The predicted octanol–water partition coefficient (Wildman–Crippen LogP) is 3.05. The molecule has 0 saturated carbocycles. The van der Waals surface area contributed by atoms with E-state index in [2.05, 4.69) is 17.2 Å². The van der Waals surface area contributed by atoms with Gasteiger partial charge in [0.25, 0.3) is 0 Å². The number of hydrogen-bond acceptors (Lipinski definition) is 1. The van der Waals surface area contributed by atoms with Crippen LogP contribution in [0.2, 0.25) is 0 Å². The van der Waals surface area contributed by atoms with Gasteiger partial charge in [0.1, 0.15) is 0 Å². The van der Waals surface area contributed by atoms with E-state index >= 15 is 0 Å². The first-order chi connectivity index (χ1) is 7.95. The summed E-state index contributed by atoms with van der Waals surface area (Å²) in [6, 6.07) is 20.2. The van der Waals surface area contributed by atoms with Crippen LogP contribution in [0.15, 0.2) is 73.1 Å². The van der Waals surface area contributed by atoms with Gasteiger partial charge in [-0.25, -0.2) is 24.3 Å². The SMILES string of the molecule is [Fe+2].c1cc[c-](Cn2cccn2)c1.c1cc[cH-]c1. The van der Waals surface area contributed by atoms with Crippen LogP contribution in [-0.4, -0.2) is 9.78 Å². The quantitative estimate of drug-likeness (QED) is 0.515. The number of aromatic nitrogens is 2. The van der Waals surface area contributed by atoms with E-state index in [0.29, 0.717) is 0 Å². The second-order valence-electron chi connectivity index (χ2n) is 3.46. The average molecular weight is 266 g/mol. The van der Waals surface area contributed by atoms with Crippen LogP contribution in [0.5, 0.6) is 0 Å². The van der Waals surface area contributed by atoms with Crippen molar-refractivity contribution in [3.05, 3.63) is 78.6 Å². The van der Waals surface area contributed by atoms with Crippen molar-refractivity contribution in [2.24, 2.45) is 0 Å². The molecule has 1 aromatic heterocycles. The molecule has 0 radical (unpaired) electrons. The summed E-state index contributed by atoms with van der Waals surface area (Å²) in [5.74, 6) is 0. The summed E-state index contributed by atoms with van der Waals surface area (Å²) in [5.41, 5.74) is 1.30. The Morgan fingerprint density at radius 3 is 2.18 bits per heavy atom. The van der Waals surface area contributed by atoms with Crippen LogP contribution in [0.3, 0.4) is 0 Å². The smallest absolute Gasteiger partial charge is 0.280 e. The Labute approximate surface area is 112 Å². The maximum Gasteiger partial charge on any atom is 2.00 e. The maximum absolute atomic E-state index is 4.11. The van der Waals surface area contributed by atoms with Crippen molar-refractivity contribution in [2.75, 3.05) is 0 Å². The van der Waals surface area contributed by atoms with Gasteiger partial charge in [-0.1, -0.05) is 0 Å². The van der Waals surface area contributed by atoms with E-state index in [1.54, 1.807) is 6.20 Å². The molecule has 0 aliphatic rings. The zero-order valence-corrected chi connectivity index (χ0v) is 10.5. The molecule has 2 nitrogen and oxygen atoms in total. The topological polar surface area (TPSA) is 17.8 Å². The molecule has 0 amide bonds. The number of nitrogens with zero attached hydrogens (tertiary/aromatic N) is 2. The minimum Gasteiger partial charge on any atom is -0.280 e. The normalized spacial score (nSPS) is 8.94. The minimum atomic E-state index is 0. The fourth-order valence-electron chi connectivity index (χ4n) is 1.42. The van der Waals surface area contributed by atoms with Crippen molar-refractivity contribution >= 4 is 0 Å². The van der Waals surface area contributed by atoms with Crippen molar-refractivity contribution in [1.82, 2.24) is 9.78 Å². The van der Waals surface area contributed by atoms with Gasteiger partial charge >= 0.3 is 17.1 Å². The second kappa shape index (κ2) is 7.66. The third-order valence-electron chi connectivity index (χ3n) is 2.19. The molecule has 3 aromatic rings. The third-order valence-corrected chi connectivity index (χ3v) is 2.19. The fourth-order valence-corrected chi connectivity index (χ4v) is 1.42. The Morgan fingerprint density at radius 1 is 1.00 bits per heavy atom. The van der Waals surface area contributed by atoms with E-state index in [4.69, 9.17) is 0 Å². The number of hydrogen-bond donors (Lipinski definition) is 0. The third kappa shape index (κ3) is 4.85. The zero-order chi connectivity index (χ0) is 11.1. The van der Waals surface area contributed by atoms with Gasteiger partial charge in [-0.2, -0.15) is 35.4 Å². The van der Waals surface area contributed by atoms with Gasteiger partial charge in [-0.15, -0.1) is 5.56 Å². The van der Waals surface area contributed by atoms with E-state index in [1.165, 1.54) is 5.56 Å². The molecule has 0 aliphatic heterocycles. The first-order valence-electron chi connectivity index (χ1n) is 5.30. The molecule has 0 spiro atoms. The van der Waals surface area contributed by atoms with Crippen LogP contribution in [0.1, 0.15) is 5.56 Å². The van der Waals surface area contributed by atoms with E-state index in [-0.39, 0.29) is 17.1 Å². The molecule has 88 valence electrons. The molecule has 0 bridgehead atoms. The van der Waals surface area contributed by atoms with Crippen molar-refractivity contribution in [2.45, 2.75) is 6.54 Å². The monoisotopic (exact) mass is 266 g/mol. The minimum absolute atomic E-state index is 0. The zero-order valence-electron chi connectivity index (χ0n) is 9.38. The van der Waals surface area contributed by atoms with Crippen molar-refractivity contribution in [1.29, 1.82) is 0 Å². The molecule has 0 saturated heterocycles. The molecule has 0 fully saturated rings. The molecule has 0 aliphatic carbocycles. The first kappa shape index (κ1) is 13.5. The molecule has 3 heteroatoms. The fraction of sp³-hybridized carbons (Fsp3) is 0.0714. The molecule has 1 heterocycles. The Kier molecular flexibility index (Phi) is 6.08. The largest absolute Gasteiger partial charge is 2.00 e.